The van der Waals surface area contributed by atoms with E-state index in [-0.39, 0.29) is 11.1 Å². The predicted molar refractivity (Wildman–Crippen MR) is 97.6 cm³/mol. The molecule has 0 radical (unpaired) electrons. The second-order valence-corrected chi connectivity index (χ2v) is 7.36. The number of oxazole rings is 1. The number of anilines is 1. The number of hydrogen-bond donors (Lipinski definition) is 0. The molecule has 0 saturated heterocycles. The van der Waals surface area contributed by atoms with Gasteiger partial charge >= 0.3 is 12.1 Å². The highest BCUT2D eigenvalue weighted by Gasteiger charge is 2.41. The number of alkyl halides is 3. The summed E-state index contributed by atoms with van der Waals surface area (Å²) in [5, 5.41) is 0. The first-order chi connectivity index (χ1) is 12.5. The Labute approximate surface area is 154 Å². The van der Waals surface area contributed by atoms with E-state index in [1.165, 1.54) is 18.2 Å². The summed E-state index contributed by atoms with van der Waals surface area (Å²) in [6, 6.07) is 12.1. The van der Waals surface area contributed by atoms with Crippen LogP contribution in [0.3, 0.4) is 0 Å². The topological polar surface area (TPSA) is 46.3 Å². The van der Waals surface area contributed by atoms with Crippen LogP contribution in [0, 0.1) is 0 Å². The lowest BCUT2D eigenvalue weighted by atomic mass is 9.87. The molecule has 1 aromatic heterocycles. The Bertz CT molecular complexity index is 983. The predicted octanol–water partition coefficient (Wildman–Crippen LogP) is 5.32. The van der Waals surface area contributed by atoms with Gasteiger partial charge in [0.15, 0.2) is 5.58 Å². The normalized spacial score (nSPS) is 12.4. The first kappa shape index (κ1) is 18.9. The lowest BCUT2D eigenvalue weighted by Gasteiger charge is -2.18. The van der Waals surface area contributed by atoms with Crippen molar-refractivity contribution in [1.82, 2.24) is 4.98 Å². The number of rotatable bonds is 2. The molecule has 0 fully saturated rings. The molecule has 4 nitrogen and oxygen atoms in total. The molecule has 0 spiro atoms. The molecule has 1 heterocycles. The molecule has 0 aliphatic carbocycles. The number of benzene rings is 2. The molecule has 0 unspecified atom stereocenters. The Morgan fingerprint density at radius 1 is 1.04 bits per heavy atom. The number of aromatic nitrogens is 1. The van der Waals surface area contributed by atoms with Crippen LogP contribution in [0.15, 0.2) is 46.9 Å². The van der Waals surface area contributed by atoms with Crippen LogP contribution < -0.4 is 4.90 Å². The van der Waals surface area contributed by atoms with E-state index in [9.17, 15) is 18.0 Å². The highest BCUT2D eigenvalue weighted by atomic mass is 19.4. The van der Waals surface area contributed by atoms with Crippen LogP contribution in [0.25, 0.3) is 22.6 Å². The van der Waals surface area contributed by atoms with E-state index in [1.807, 2.05) is 24.3 Å². The van der Waals surface area contributed by atoms with E-state index < -0.39 is 12.1 Å². The van der Waals surface area contributed by atoms with Crippen molar-refractivity contribution >= 4 is 22.7 Å². The zero-order valence-electron chi connectivity index (χ0n) is 15.4. The number of carbonyl (C=O) groups excluding carboxylic acids is 1. The van der Waals surface area contributed by atoms with Crippen molar-refractivity contribution in [1.29, 1.82) is 0 Å². The molecule has 3 rings (SSSR count). The van der Waals surface area contributed by atoms with Crippen LogP contribution >= 0.6 is 0 Å². The fraction of sp³-hybridized carbons (Fsp3) is 0.300. The molecule has 2 aromatic carbocycles. The monoisotopic (exact) mass is 376 g/mol. The maximum atomic E-state index is 12.6. The Hall–Kier alpha value is -2.83. The van der Waals surface area contributed by atoms with E-state index in [0.29, 0.717) is 21.9 Å². The summed E-state index contributed by atoms with van der Waals surface area (Å²) in [6.07, 6.45) is -4.94. The van der Waals surface area contributed by atoms with Gasteiger partial charge in [0.1, 0.15) is 5.52 Å². The minimum absolute atomic E-state index is 0.0182. The van der Waals surface area contributed by atoms with Gasteiger partial charge in [-0.05, 0) is 41.3 Å². The average molecular weight is 376 g/mol. The minimum Gasteiger partial charge on any atom is -0.436 e. The zero-order chi connectivity index (χ0) is 20.0. The molecule has 142 valence electrons. The van der Waals surface area contributed by atoms with Crippen molar-refractivity contribution in [3.05, 3.63) is 48.0 Å². The van der Waals surface area contributed by atoms with Gasteiger partial charge in [-0.1, -0.05) is 32.9 Å². The Morgan fingerprint density at radius 3 is 2.22 bits per heavy atom. The molecule has 0 bridgehead atoms. The Morgan fingerprint density at radius 2 is 1.67 bits per heavy atom. The van der Waals surface area contributed by atoms with Gasteiger partial charge in [0.05, 0.1) is 0 Å². The molecule has 0 N–H and O–H groups in total. The van der Waals surface area contributed by atoms with Gasteiger partial charge in [-0.2, -0.15) is 13.2 Å². The average Bonchev–Trinajstić information content (AvgIpc) is 3.02. The maximum Gasteiger partial charge on any atom is 0.471 e. The van der Waals surface area contributed by atoms with E-state index in [0.717, 1.165) is 18.2 Å². The highest BCUT2D eigenvalue weighted by Crippen LogP contribution is 2.30. The Balaban J connectivity index is 1.93. The lowest BCUT2D eigenvalue weighted by molar-refractivity contribution is -0.170. The molecule has 1 amide bonds. The minimum atomic E-state index is -4.94. The van der Waals surface area contributed by atoms with Gasteiger partial charge in [-0.15, -0.1) is 0 Å². The van der Waals surface area contributed by atoms with Gasteiger partial charge in [0, 0.05) is 18.3 Å². The van der Waals surface area contributed by atoms with Crippen molar-refractivity contribution in [3.63, 3.8) is 0 Å². The second kappa shape index (κ2) is 6.40. The molecule has 0 aliphatic heterocycles. The largest absolute Gasteiger partial charge is 0.471 e. The van der Waals surface area contributed by atoms with Crippen molar-refractivity contribution in [3.8, 4) is 11.5 Å². The van der Waals surface area contributed by atoms with Crippen molar-refractivity contribution in [2.75, 3.05) is 11.9 Å². The fourth-order valence-electron chi connectivity index (χ4n) is 2.67. The summed E-state index contributed by atoms with van der Waals surface area (Å²) in [6.45, 7) is 6.34. The number of halogens is 3. The van der Waals surface area contributed by atoms with E-state index in [2.05, 4.69) is 25.8 Å². The second-order valence-electron chi connectivity index (χ2n) is 7.36. The van der Waals surface area contributed by atoms with Crippen LogP contribution in [-0.4, -0.2) is 24.1 Å². The van der Waals surface area contributed by atoms with E-state index in [4.69, 9.17) is 4.42 Å². The summed E-state index contributed by atoms with van der Waals surface area (Å²) in [4.78, 5) is 16.3. The molecule has 27 heavy (non-hydrogen) atoms. The van der Waals surface area contributed by atoms with Crippen molar-refractivity contribution in [2.45, 2.75) is 32.4 Å². The summed E-state index contributed by atoms with van der Waals surface area (Å²) < 4.78 is 43.6. The number of fused-ring (bicyclic) bond motifs is 1. The summed E-state index contributed by atoms with van der Waals surface area (Å²) >= 11 is 0. The third-order valence-corrected chi connectivity index (χ3v) is 4.30. The van der Waals surface area contributed by atoms with Gasteiger partial charge in [-0.25, -0.2) is 4.98 Å². The van der Waals surface area contributed by atoms with E-state index in [1.54, 1.807) is 0 Å². The molecule has 3 aromatic rings. The number of carbonyl (C=O) groups is 1. The van der Waals surface area contributed by atoms with Crippen LogP contribution in [-0.2, 0) is 10.2 Å². The third kappa shape index (κ3) is 3.82. The van der Waals surface area contributed by atoms with Crippen LogP contribution in [0.2, 0.25) is 0 Å². The zero-order valence-corrected chi connectivity index (χ0v) is 15.4. The molecular weight excluding hydrogens is 357 g/mol. The number of nitrogens with zero attached hydrogens (tertiary/aromatic N) is 2. The summed E-state index contributed by atoms with van der Waals surface area (Å²) in [5.74, 6) is -1.57. The molecular formula is C20H19F3N2O2. The maximum absolute atomic E-state index is 12.6. The Kier molecular flexibility index (Phi) is 4.49. The van der Waals surface area contributed by atoms with Crippen LogP contribution in [0.4, 0.5) is 18.9 Å². The molecule has 0 aliphatic rings. The SMILES string of the molecule is CN(C(=O)C(F)(F)F)c1ccc2oc(-c3ccc(C(C)(C)C)cc3)nc2c1. The number of hydrogen-bond acceptors (Lipinski definition) is 3. The third-order valence-electron chi connectivity index (χ3n) is 4.30. The summed E-state index contributed by atoms with van der Waals surface area (Å²) in [5.41, 5.74) is 2.85. The van der Waals surface area contributed by atoms with Crippen molar-refractivity contribution < 1.29 is 22.4 Å². The van der Waals surface area contributed by atoms with Gasteiger partial charge in [0.2, 0.25) is 5.89 Å². The van der Waals surface area contributed by atoms with E-state index >= 15 is 0 Å². The van der Waals surface area contributed by atoms with Crippen molar-refractivity contribution in [2.24, 2.45) is 0 Å². The first-order valence-electron chi connectivity index (χ1n) is 8.33. The lowest BCUT2D eigenvalue weighted by Crippen LogP contribution is -2.38. The molecule has 0 saturated carbocycles. The van der Waals surface area contributed by atoms with Gasteiger partial charge in [-0.3, -0.25) is 4.79 Å². The van der Waals surface area contributed by atoms with Gasteiger partial charge < -0.3 is 9.32 Å². The summed E-state index contributed by atoms with van der Waals surface area (Å²) in [7, 11) is 1.07. The smallest absolute Gasteiger partial charge is 0.436 e. The molecule has 7 heteroatoms. The standard InChI is InChI=1S/C20H19F3N2O2/c1-19(2,3)13-7-5-12(6-8-13)17-24-15-11-14(9-10-16(15)27-17)25(4)18(26)20(21,22)23/h5-11H,1-4H3. The molecule has 0 atom stereocenters. The highest BCUT2D eigenvalue weighted by molar-refractivity contribution is 5.98. The number of amides is 1. The van der Waals surface area contributed by atoms with Gasteiger partial charge in [0.25, 0.3) is 0 Å². The van der Waals surface area contributed by atoms with Crippen LogP contribution in [0.5, 0.6) is 0 Å². The first-order valence-corrected chi connectivity index (χ1v) is 8.33. The quantitative estimate of drug-likeness (QED) is 0.608. The van der Waals surface area contributed by atoms with Crippen LogP contribution in [0.1, 0.15) is 26.3 Å². The fourth-order valence-corrected chi connectivity index (χ4v) is 2.67.